The van der Waals surface area contributed by atoms with Gasteiger partial charge in [-0.25, -0.2) is 0 Å². The zero-order chi connectivity index (χ0) is 14.4. The smallest absolute Gasteiger partial charge is 0.0735 e. The Kier molecular flexibility index (Phi) is 6.10. The molecule has 5 unspecified atom stereocenters. The van der Waals surface area contributed by atoms with Crippen LogP contribution in [0.5, 0.6) is 0 Å². The summed E-state index contributed by atoms with van der Waals surface area (Å²) < 4.78 is 6.22. The molecule has 0 radical (unpaired) electrons. The number of rotatable bonds is 5. The van der Waals surface area contributed by atoms with Crippen molar-refractivity contribution in [2.45, 2.75) is 64.9 Å². The lowest BCUT2D eigenvalue weighted by molar-refractivity contribution is -0.0340. The third kappa shape index (κ3) is 4.09. The van der Waals surface area contributed by atoms with E-state index in [0.29, 0.717) is 5.92 Å². The van der Waals surface area contributed by atoms with Crippen LogP contribution in [0.4, 0.5) is 0 Å². The average molecular weight is 275 g/mol. The fourth-order valence-electron chi connectivity index (χ4n) is 3.70. The van der Waals surface area contributed by atoms with Crippen molar-refractivity contribution in [3.8, 4) is 6.07 Å². The molecule has 1 saturated carbocycles. The standard InChI is InChI=1S/C18H29NO/c1-3-6-15-9-10-16(12-19)18(11-15)20-13-17-8-5-4-7-14(17)2/h4-5,14-18H,3,6-11,13H2,1-2H3. The van der Waals surface area contributed by atoms with Crippen molar-refractivity contribution in [1.82, 2.24) is 0 Å². The maximum atomic E-state index is 9.33. The molecule has 2 rings (SSSR count). The van der Waals surface area contributed by atoms with Crippen LogP contribution in [-0.2, 0) is 4.74 Å². The SMILES string of the molecule is CCCC1CCC(C#N)C(OCC2CC=CCC2C)C1. The van der Waals surface area contributed by atoms with E-state index < -0.39 is 0 Å². The molecule has 0 amide bonds. The summed E-state index contributed by atoms with van der Waals surface area (Å²) in [6.07, 6.45) is 13.0. The number of hydrogen-bond acceptors (Lipinski definition) is 2. The van der Waals surface area contributed by atoms with Crippen LogP contribution < -0.4 is 0 Å². The van der Waals surface area contributed by atoms with Gasteiger partial charge in [-0.05, 0) is 49.9 Å². The van der Waals surface area contributed by atoms with Gasteiger partial charge in [-0.15, -0.1) is 0 Å². The first-order valence-corrected chi connectivity index (χ1v) is 8.40. The molecule has 2 heteroatoms. The van der Waals surface area contributed by atoms with Gasteiger partial charge in [0.1, 0.15) is 0 Å². The van der Waals surface area contributed by atoms with Gasteiger partial charge < -0.3 is 4.74 Å². The largest absolute Gasteiger partial charge is 0.377 e. The summed E-state index contributed by atoms with van der Waals surface area (Å²) in [5.41, 5.74) is 0. The highest BCUT2D eigenvalue weighted by molar-refractivity contribution is 4.95. The van der Waals surface area contributed by atoms with Crippen LogP contribution in [0.3, 0.4) is 0 Å². The highest BCUT2D eigenvalue weighted by atomic mass is 16.5. The van der Waals surface area contributed by atoms with Crippen LogP contribution in [0, 0.1) is 35.0 Å². The molecule has 20 heavy (non-hydrogen) atoms. The third-order valence-electron chi connectivity index (χ3n) is 5.21. The first kappa shape index (κ1) is 15.6. The summed E-state index contributed by atoms with van der Waals surface area (Å²) in [6, 6.07) is 2.48. The molecule has 0 N–H and O–H groups in total. The number of nitrogens with zero attached hydrogens (tertiary/aromatic N) is 1. The van der Waals surface area contributed by atoms with Gasteiger partial charge in [0.15, 0.2) is 0 Å². The molecule has 2 aliphatic rings. The molecule has 0 aromatic heterocycles. The maximum Gasteiger partial charge on any atom is 0.0735 e. The molecule has 5 atom stereocenters. The molecular formula is C18H29NO. The highest BCUT2D eigenvalue weighted by Crippen LogP contribution is 2.34. The summed E-state index contributed by atoms with van der Waals surface area (Å²) in [5, 5.41) is 9.33. The van der Waals surface area contributed by atoms with E-state index in [2.05, 4.69) is 32.1 Å². The van der Waals surface area contributed by atoms with Gasteiger partial charge in [-0.2, -0.15) is 5.26 Å². The number of allylic oxidation sites excluding steroid dienone is 2. The summed E-state index contributed by atoms with van der Waals surface area (Å²) in [6.45, 7) is 5.41. The lowest BCUT2D eigenvalue weighted by Gasteiger charge is -2.34. The van der Waals surface area contributed by atoms with Crippen molar-refractivity contribution < 1.29 is 4.74 Å². The second-order valence-corrected chi connectivity index (χ2v) is 6.76. The Morgan fingerprint density at radius 2 is 2.05 bits per heavy atom. The van der Waals surface area contributed by atoms with Crippen molar-refractivity contribution in [3.63, 3.8) is 0 Å². The van der Waals surface area contributed by atoms with Gasteiger partial charge in [0, 0.05) is 0 Å². The fraction of sp³-hybridized carbons (Fsp3) is 0.833. The molecule has 0 saturated heterocycles. The number of hydrogen-bond donors (Lipinski definition) is 0. The van der Waals surface area contributed by atoms with E-state index in [0.717, 1.165) is 37.7 Å². The minimum atomic E-state index is 0.123. The van der Waals surface area contributed by atoms with E-state index in [9.17, 15) is 5.26 Å². The van der Waals surface area contributed by atoms with E-state index in [1.165, 1.54) is 25.7 Å². The maximum absolute atomic E-state index is 9.33. The monoisotopic (exact) mass is 275 g/mol. The van der Waals surface area contributed by atoms with Crippen LogP contribution in [0.15, 0.2) is 12.2 Å². The minimum absolute atomic E-state index is 0.123. The Hall–Kier alpha value is -0.810. The third-order valence-corrected chi connectivity index (χ3v) is 5.21. The van der Waals surface area contributed by atoms with Gasteiger partial charge in [0.05, 0.1) is 24.7 Å². The topological polar surface area (TPSA) is 33.0 Å². The van der Waals surface area contributed by atoms with E-state index in [1.54, 1.807) is 0 Å². The lowest BCUT2D eigenvalue weighted by atomic mass is 9.78. The molecule has 1 fully saturated rings. The first-order valence-electron chi connectivity index (χ1n) is 8.40. The normalized spacial score (nSPS) is 37.5. The van der Waals surface area contributed by atoms with E-state index in [1.807, 2.05) is 0 Å². The van der Waals surface area contributed by atoms with Crippen LogP contribution in [0.2, 0.25) is 0 Å². The Morgan fingerprint density at radius 3 is 2.75 bits per heavy atom. The van der Waals surface area contributed by atoms with Crippen molar-refractivity contribution in [1.29, 1.82) is 5.26 Å². The summed E-state index contributed by atoms with van der Waals surface area (Å²) in [5.74, 6) is 2.26. The minimum Gasteiger partial charge on any atom is -0.377 e. The van der Waals surface area contributed by atoms with Gasteiger partial charge in [0.2, 0.25) is 0 Å². The molecule has 0 aromatic carbocycles. The van der Waals surface area contributed by atoms with Crippen LogP contribution in [0.1, 0.15) is 58.8 Å². The molecule has 2 aliphatic carbocycles. The van der Waals surface area contributed by atoms with E-state index >= 15 is 0 Å². The van der Waals surface area contributed by atoms with Crippen molar-refractivity contribution in [2.75, 3.05) is 6.61 Å². The van der Waals surface area contributed by atoms with Crippen LogP contribution in [-0.4, -0.2) is 12.7 Å². The average Bonchev–Trinajstić information content (AvgIpc) is 2.47. The lowest BCUT2D eigenvalue weighted by Crippen LogP contribution is -2.33. The van der Waals surface area contributed by atoms with Gasteiger partial charge >= 0.3 is 0 Å². The van der Waals surface area contributed by atoms with Crippen molar-refractivity contribution >= 4 is 0 Å². The van der Waals surface area contributed by atoms with Gasteiger partial charge in [-0.1, -0.05) is 38.8 Å². The predicted molar refractivity (Wildman–Crippen MR) is 82.1 cm³/mol. The van der Waals surface area contributed by atoms with Gasteiger partial charge in [0.25, 0.3) is 0 Å². The molecule has 0 aromatic rings. The number of ether oxygens (including phenoxy) is 1. The number of nitriles is 1. The molecule has 0 heterocycles. The second kappa shape index (κ2) is 7.84. The quantitative estimate of drug-likeness (QED) is 0.680. The van der Waals surface area contributed by atoms with E-state index in [4.69, 9.17) is 4.74 Å². The summed E-state index contributed by atoms with van der Waals surface area (Å²) >= 11 is 0. The Balaban J connectivity index is 1.84. The molecular weight excluding hydrogens is 246 g/mol. The Labute approximate surface area is 124 Å². The van der Waals surface area contributed by atoms with Crippen molar-refractivity contribution in [2.24, 2.45) is 23.7 Å². The zero-order valence-corrected chi connectivity index (χ0v) is 13.1. The fourth-order valence-corrected chi connectivity index (χ4v) is 3.70. The molecule has 0 spiro atoms. The van der Waals surface area contributed by atoms with Crippen molar-refractivity contribution in [3.05, 3.63) is 12.2 Å². The molecule has 0 bridgehead atoms. The van der Waals surface area contributed by atoms with Crippen LogP contribution in [0.25, 0.3) is 0 Å². The van der Waals surface area contributed by atoms with E-state index in [-0.39, 0.29) is 12.0 Å². The second-order valence-electron chi connectivity index (χ2n) is 6.76. The molecule has 2 nitrogen and oxygen atoms in total. The van der Waals surface area contributed by atoms with Gasteiger partial charge in [-0.3, -0.25) is 0 Å². The Morgan fingerprint density at radius 1 is 1.25 bits per heavy atom. The zero-order valence-electron chi connectivity index (χ0n) is 13.1. The predicted octanol–water partition coefficient (Wildman–Crippen LogP) is 4.71. The molecule has 112 valence electrons. The van der Waals surface area contributed by atoms with Crippen LogP contribution >= 0.6 is 0 Å². The first-order chi connectivity index (χ1) is 9.74. The Bertz CT molecular complexity index is 357. The highest BCUT2D eigenvalue weighted by Gasteiger charge is 2.32. The summed E-state index contributed by atoms with van der Waals surface area (Å²) in [4.78, 5) is 0. The molecule has 0 aliphatic heterocycles. The summed E-state index contributed by atoms with van der Waals surface area (Å²) in [7, 11) is 0.